The molecular weight excluding hydrogens is 1540 g/mol. The number of hydrogen-bond donors (Lipinski definition) is 0. The molecule has 18 aromatic carbocycles. The minimum Gasteiger partial charge on any atom is -0.0587 e. The molecule has 0 radical (unpaired) electrons. The maximum Gasteiger partial charge on any atom is -0.0154 e. The predicted molar refractivity (Wildman–Crippen MR) is 564 cm³/mol. The molecule has 0 fully saturated rings. The summed E-state index contributed by atoms with van der Waals surface area (Å²) in [6, 6.07) is 132. The molecular formula is C128H132. The third-order valence-electron chi connectivity index (χ3n) is 24.4. The number of hydrogen-bond acceptors (Lipinski definition) is 0. The Labute approximate surface area is 768 Å². The van der Waals surface area contributed by atoms with E-state index in [0.717, 1.165) is 0 Å². The van der Waals surface area contributed by atoms with Crippen LogP contribution in [0.25, 0.3) is 111 Å². The molecule has 0 amide bonds. The molecule has 0 unspecified atom stereocenters. The minimum atomic E-state index is 1.28. The Bertz CT molecular complexity index is 6330. The van der Waals surface area contributed by atoms with E-state index < -0.39 is 0 Å². The van der Waals surface area contributed by atoms with Gasteiger partial charge in [0.25, 0.3) is 0 Å². The van der Waals surface area contributed by atoms with Crippen molar-refractivity contribution < 1.29 is 0 Å². The lowest BCUT2D eigenvalue weighted by molar-refractivity contribution is 1.33. The number of fused-ring (bicyclic) bond motifs is 2. The number of aryl methyl sites for hydroxylation is 24. The van der Waals surface area contributed by atoms with Gasteiger partial charge in [-0.3, -0.25) is 0 Å². The topological polar surface area (TPSA) is 0 Å². The molecule has 18 aromatic rings. The Kier molecular flexibility index (Phi) is 33.5. The van der Waals surface area contributed by atoms with Crippen molar-refractivity contribution in [2.75, 3.05) is 0 Å². The minimum absolute atomic E-state index is 1.28. The van der Waals surface area contributed by atoms with Gasteiger partial charge < -0.3 is 0 Å². The fourth-order valence-corrected chi connectivity index (χ4v) is 15.7. The van der Waals surface area contributed by atoms with E-state index in [9.17, 15) is 0 Å². The van der Waals surface area contributed by atoms with Gasteiger partial charge in [0.05, 0.1) is 0 Å². The molecule has 0 aliphatic carbocycles. The van der Waals surface area contributed by atoms with Gasteiger partial charge >= 0.3 is 0 Å². The molecule has 644 valence electrons. The first-order valence-corrected chi connectivity index (χ1v) is 45.3. The van der Waals surface area contributed by atoms with Crippen LogP contribution in [-0.2, 0) is 0 Å². The van der Waals surface area contributed by atoms with E-state index in [0.29, 0.717) is 0 Å². The first kappa shape index (κ1) is 95.1. The van der Waals surface area contributed by atoms with Gasteiger partial charge in [0.15, 0.2) is 0 Å². The highest BCUT2D eigenvalue weighted by Crippen LogP contribution is 2.34. The van der Waals surface area contributed by atoms with E-state index in [1.807, 2.05) is 0 Å². The zero-order valence-electron chi connectivity index (χ0n) is 80.6. The zero-order chi connectivity index (χ0) is 91.8. The average Bonchev–Trinajstić information content (AvgIpc) is 0.800. The van der Waals surface area contributed by atoms with Gasteiger partial charge in [-0.15, -0.1) is 0 Å². The lowest BCUT2D eigenvalue weighted by Crippen LogP contribution is -1.87. The highest BCUT2D eigenvalue weighted by molar-refractivity contribution is 5.92. The summed E-state index contributed by atoms with van der Waals surface area (Å²) < 4.78 is 0. The summed E-state index contributed by atoms with van der Waals surface area (Å²) in [7, 11) is 0. The van der Waals surface area contributed by atoms with Crippen LogP contribution < -0.4 is 0 Å². The maximum absolute atomic E-state index is 2.28. The van der Waals surface area contributed by atoms with E-state index in [4.69, 9.17) is 0 Å². The molecule has 0 atom stereocenters. The van der Waals surface area contributed by atoms with Crippen LogP contribution in [-0.4, -0.2) is 0 Å². The first-order chi connectivity index (χ1) is 61.3. The fraction of sp³-hybridized carbons (Fsp3) is 0.188. The standard InChI is InChI=1S/C22H18.2C16H18.4C15H16.C14H14/c1-15-3-5-19-13-21(9-7-17(19)11-15)22-10-8-18-12-16(2)4-6-20(18)14-22;2*1-11-5-8-16(14(4)9-11)15-7-6-12(2)13(3)10-15;2*1-11-4-7-14(8-5-11)15-9-6-12(2)13(3)10-15;2*1-11-4-7-14(8-5-11)15-9-6-12(2)10-13(15)3;1-11-3-7-13(8-4-11)14-9-5-12(2)6-10-14/h3-14H,1-2H3;2*5-10H,1-4H3;4*4-10H,1-3H3;3-10H,1-2H3. The van der Waals surface area contributed by atoms with Gasteiger partial charge in [0.1, 0.15) is 0 Å². The lowest BCUT2D eigenvalue weighted by Gasteiger charge is -2.09. The fourth-order valence-electron chi connectivity index (χ4n) is 15.7. The summed E-state index contributed by atoms with van der Waals surface area (Å²) in [5.74, 6) is 0. The number of benzene rings is 18. The van der Waals surface area contributed by atoms with Crippen molar-refractivity contribution in [1.29, 1.82) is 0 Å². The second kappa shape index (κ2) is 45.1. The summed E-state index contributed by atoms with van der Waals surface area (Å²) in [5.41, 5.74) is 52.9. The van der Waals surface area contributed by atoms with Crippen LogP contribution in [0, 0.1) is 166 Å². The Hall–Kier alpha value is -13.5. The Morgan fingerprint density at radius 3 is 0.484 bits per heavy atom. The van der Waals surface area contributed by atoms with Crippen LogP contribution in [0.2, 0.25) is 0 Å². The summed E-state index contributed by atoms with van der Waals surface area (Å²) in [6.07, 6.45) is 0. The normalized spacial score (nSPS) is 10.5. The maximum atomic E-state index is 2.28. The third-order valence-corrected chi connectivity index (χ3v) is 24.4. The van der Waals surface area contributed by atoms with Crippen LogP contribution in [0.5, 0.6) is 0 Å². The molecule has 0 aliphatic heterocycles. The van der Waals surface area contributed by atoms with Gasteiger partial charge in [0.2, 0.25) is 0 Å². The highest BCUT2D eigenvalue weighted by atomic mass is 14.2. The van der Waals surface area contributed by atoms with E-state index in [-0.39, 0.29) is 0 Å². The van der Waals surface area contributed by atoms with Crippen LogP contribution in [0.4, 0.5) is 0 Å². The van der Waals surface area contributed by atoms with E-state index in [1.165, 1.54) is 244 Å². The van der Waals surface area contributed by atoms with E-state index in [1.54, 1.807) is 0 Å². The Morgan fingerprint density at radius 2 is 0.242 bits per heavy atom. The van der Waals surface area contributed by atoms with Crippen LogP contribution in [0.1, 0.15) is 134 Å². The molecule has 128 heavy (non-hydrogen) atoms. The van der Waals surface area contributed by atoms with Crippen molar-refractivity contribution in [3.8, 4) is 89.0 Å². The van der Waals surface area contributed by atoms with Crippen molar-refractivity contribution in [3.05, 3.63) is 498 Å². The number of rotatable bonds is 8. The Balaban J connectivity index is 0.000000142. The smallest absolute Gasteiger partial charge is 0.0154 e. The molecule has 0 bridgehead atoms. The van der Waals surface area contributed by atoms with Crippen LogP contribution in [0.3, 0.4) is 0 Å². The van der Waals surface area contributed by atoms with Gasteiger partial charge in [-0.2, -0.15) is 0 Å². The first-order valence-electron chi connectivity index (χ1n) is 45.3. The molecule has 18 rings (SSSR count). The molecule has 0 saturated heterocycles. The van der Waals surface area contributed by atoms with Gasteiger partial charge in [-0.25, -0.2) is 0 Å². The molecule has 0 spiro atoms. The summed E-state index contributed by atoms with van der Waals surface area (Å²) in [5, 5.41) is 5.21. The quantitative estimate of drug-likeness (QED) is 0.142. The molecule has 0 aromatic heterocycles. The monoisotopic (exact) mass is 1670 g/mol. The van der Waals surface area contributed by atoms with Crippen molar-refractivity contribution in [1.82, 2.24) is 0 Å². The second-order valence-corrected chi connectivity index (χ2v) is 35.8. The van der Waals surface area contributed by atoms with Gasteiger partial charge in [-0.05, 0) is 356 Å². The SMILES string of the molecule is Cc1ccc(-c2ccc(C)c(C)c2)c(C)c1.Cc1ccc(-c2ccc(C)c(C)c2)c(C)c1.Cc1ccc(-c2ccc(C)c(C)c2)cc1.Cc1ccc(-c2ccc(C)c(C)c2)cc1.Cc1ccc(-c2ccc(C)cc2)cc1.Cc1ccc(-c2ccc(C)cc2C)cc1.Cc1ccc(-c2ccc(C)cc2C)cc1.Cc1ccc2cc(-c3ccc4cc(C)ccc4c3)ccc2c1. The van der Waals surface area contributed by atoms with Crippen molar-refractivity contribution in [2.45, 2.75) is 166 Å². The summed E-state index contributed by atoms with van der Waals surface area (Å²) in [4.78, 5) is 0. The third kappa shape index (κ3) is 27.3. The Morgan fingerprint density at radius 1 is 0.0859 bits per heavy atom. The largest absolute Gasteiger partial charge is 0.0587 e. The van der Waals surface area contributed by atoms with Gasteiger partial charge in [-0.1, -0.05) is 419 Å². The second-order valence-electron chi connectivity index (χ2n) is 35.8. The van der Waals surface area contributed by atoms with Crippen molar-refractivity contribution in [2.24, 2.45) is 0 Å². The van der Waals surface area contributed by atoms with Gasteiger partial charge in [0, 0.05) is 0 Å². The molecule has 0 heteroatoms. The van der Waals surface area contributed by atoms with Crippen molar-refractivity contribution >= 4 is 21.5 Å². The molecule has 0 N–H and O–H groups in total. The molecule has 0 saturated carbocycles. The zero-order valence-corrected chi connectivity index (χ0v) is 80.6. The van der Waals surface area contributed by atoms with Crippen LogP contribution >= 0.6 is 0 Å². The van der Waals surface area contributed by atoms with E-state index in [2.05, 4.69) is 530 Å². The molecule has 0 heterocycles. The summed E-state index contributed by atoms with van der Waals surface area (Å²) in [6.45, 7) is 51.4. The molecule has 0 aliphatic rings. The van der Waals surface area contributed by atoms with Crippen molar-refractivity contribution in [3.63, 3.8) is 0 Å². The summed E-state index contributed by atoms with van der Waals surface area (Å²) >= 11 is 0. The highest BCUT2D eigenvalue weighted by Gasteiger charge is 2.10. The molecule has 0 nitrogen and oxygen atoms in total. The average molecular weight is 1670 g/mol. The van der Waals surface area contributed by atoms with E-state index >= 15 is 0 Å². The predicted octanol–water partition coefficient (Wildman–Crippen LogP) is 36.5. The lowest BCUT2D eigenvalue weighted by atomic mass is 9.96. The van der Waals surface area contributed by atoms with Crippen LogP contribution in [0.15, 0.2) is 364 Å².